The first kappa shape index (κ1) is 16.9. The number of aliphatic hydroxyl groups excluding tert-OH is 1. The minimum absolute atomic E-state index is 0.0529. The lowest BCUT2D eigenvalue weighted by molar-refractivity contribution is -0.379. The third-order valence-corrected chi connectivity index (χ3v) is 4.39. The Bertz CT molecular complexity index is 519. The maximum atomic E-state index is 10.8. The van der Waals surface area contributed by atoms with E-state index in [2.05, 4.69) is 0 Å². The van der Waals surface area contributed by atoms with Gasteiger partial charge in [-0.2, -0.15) is 0 Å². The summed E-state index contributed by atoms with van der Waals surface area (Å²) in [4.78, 5) is 0. The van der Waals surface area contributed by atoms with Gasteiger partial charge in [0.15, 0.2) is 5.79 Å². The molecule has 5 nitrogen and oxygen atoms in total. The Labute approximate surface area is 137 Å². The van der Waals surface area contributed by atoms with Crippen LogP contribution < -0.4 is 0 Å². The molecule has 2 aliphatic heterocycles. The van der Waals surface area contributed by atoms with Gasteiger partial charge in [-0.25, -0.2) is 0 Å². The van der Waals surface area contributed by atoms with E-state index in [0.717, 1.165) is 5.56 Å². The molecular weight excluding hydrogens is 296 g/mol. The van der Waals surface area contributed by atoms with Gasteiger partial charge in [-0.1, -0.05) is 30.3 Å². The van der Waals surface area contributed by atoms with Crippen molar-refractivity contribution in [3.8, 4) is 0 Å². The summed E-state index contributed by atoms with van der Waals surface area (Å²) in [6.07, 6.45) is 0.00318. The summed E-state index contributed by atoms with van der Waals surface area (Å²) in [5.41, 5.74) is 0.796. The van der Waals surface area contributed by atoms with Crippen LogP contribution in [0.25, 0.3) is 0 Å². The lowest BCUT2D eigenvalue weighted by Gasteiger charge is -2.43. The molecule has 0 aliphatic carbocycles. The topological polar surface area (TPSA) is 57.2 Å². The van der Waals surface area contributed by atoms with Gasteiger partial charge in [0.1, 0.15) is 12.2 Å². The Hall–Kier alpha value is -0.980. The molecule has 2 aliphatic rings. The quantitative estimate of drug-likeness (QED) is 0.924. The number of aliphatic hydroxyl groups is 1. The van der Waals surface area contributed by atoms with Gasteiger partial charge >= 0.3 is 0 Å². The monoisotopic (exact) mass is 322 g/mol. The van der Waals surface area contributed by atoms with Crippen LogP contribution in [0, 0.1) is 0 Å². The fourth-order valence-electron chi connectivity index (χ4n) is 3.51. The molecule has 1 aromatic carbocycles. The number of rotatable bonds is 4. The highest BCUT2D eigenvalue weighted by atomic mass is 16.8. The summed E-state index contributed by atoms with van der Waals surface area (Å²) in [6.45, 7) is 6.78. The fourth-order valence-corrected chi connectivity index (χ4v) is 3.51. The molecule has 0 saturated carbocycles. The first-order chi connectivity index (χ1) is 10.9. The lowest BCUT2D eigenvalue weighted by Crippen LogP contribution is -2.55. The molecule has 1 spiro atoms. The van der Waals surface area contributed by atoms with Gasteiger partial charge in [-0.3, -0.25) is 0 Å². The zero-order chi connectivity index (χ0) is 16.5. The van der Waals surface area contributed by atoms with Gasteiger partial charge in [0.2, 0.25) is 5.79 Å². The molecule has 2 heterocycles. The van der Waals surface area contributed by atoms with E-state index in [4.69, 9.17) is 18.9 Å². The molecule has 128 valence electrons. The number of ether oxygens (including phenoxy) is 4. The van der Waals surface area contributed by atoms with Crippen LogP contribution in [0.15, 0.2) is 30.3 Å². The van der Waals surface area contributed by atoms with Crippen molar-refractivity contribution in [3.63, 3.8) is 0 Å². The zero-order valence-electron chi connectivity index (χ0n) is 14.0. The third-order valence-electron chi connectivity index (χ3n) is 4.39. The predicted octanol–water partition coefficient (Wildman–Crippen LogP) is 2.78. The summed E-state index contributed by atoms with van der Waals surface area (Å²) in [7, 11) is 0. The summed E-state index contributed by atoms with van der Waals surface area (Å²) < 4.78 is 24.0. The third kappa shape index (κ3) is 3.44. The van der Waals surface area contributed by atoms with Gasteiger partial charge in [0.05, 0.1) is 19.3 Å². The van der Waals surface area contributed by atoms with E-state index in [0.29, 0.717) is 26.1 Å². The molecular formula is C18H26O5. The summed E-state index contributed by atoms with van der Waals surface area (Å²) in [6, 6.07) is 9.49. The van der Waals surface area contributed by atoms with Crippen LogP contribution in [-0.4, -0.2) is 42.1 Å². The van der Waals surface area contributed by atoms with E-state index < -0.39 is 23.8 Å². The van der Waals surface area contributed by atoms with E-state index in [-0.39, 0.29) is 6.10 Å². The molecule has 4 atom stereocenters. The Morgan fingerprint density at radius 2 is 1.91 bits per heavy atom. The second-order valence-corrected chi connectivity index (χ2v) is 6.71. The van der Waals surface area contributed by atoms with Crippen molar-refractivity contribution in [1.82, 2.24) is 0 Å². The minimum atomic E-state index is -0.961. The van der Waals surface area contributed by atoms with Crippen LogP contribution >= 0.6 is 0 Å². The molecule has 2 fully saturated rings. The highest BCUT2D eigenvalue weighted by molar-refractivity contribution is 5.20. The molecule has 0 radical (unpaired) electrons. The second-order valence-electron chi connectivity index (χ2n) is 6.71. The van der Waals surface area contributed by atoms with E-state index in [1.54, 1.807) is 0 Å². The molecule has 0 bridgehead atoms. The molecule has 1 aromatic rings. The van der Waals surface area contributed by atoms with E-state index >= 15 is 0 Å². The lowest BCUT2D eigenvalue weighted by atomic mass is 9.94. The van der Waals surface area contributed by atoms with Crippen molar-refractivity contribution in [2.45, 2.75) is 63.5 Å². The second kappa shape index (κ2) is 6.49. The van der Waals surface area contributed by atoms with Crippen molar-refractivity contribution in [1.29, 1.82) is 0 Å². The Morgan fingerprint density at radius 3 is 2.61 bits per heavy atom. The fraction of sp³-hybridized carbons (Fsp3) is 0.667. The van der Waals surface area contributed by atoms with Crippen LogP contribution in [0.5, 0.6) is 0 Å². The zero-order valence-corrected chi connectivity index (χ0v) is 14.0. The van der Waals surface area contributed by atoms with Gasteiger partial charge in [0, 0.05) is 12.8 Å². The van der Waals surface area contributed by atoms with Crippen molar-refractivity contribution < 1.29 is 24.1 Å². The minimum Gasteiger partial charge on any atom is -0.385 e. The van der Waals surface area contributed by atoms with Gasteiger partial charge < -0.3 is 24.1 Å². The number of hydrogen-bond acceptors (Lipinski definition) is 5. The van der Waals surface area contributed by atoms with Gasteiger partial charge in [-0.05, 0) is 26.3 Å². The van der Waals surface area contributed by atoms with Crippen molar-refractivity contribution in [2.24, 2.45) is 0 Å². The van der Waals surface area contributed by atoms with Crippen LogP contribution in [0.2, 0.25) is 0 Å². The van der Waals surface area contributed by atoms with Gasteiger partial charge in [-0.15, -0.1) is 0 Å². The largest absolute Gasteiger partial charge is 0.385 e. The molecule has 5 heteroatoms. The number of benzene rings is 1. The average molecular weight is 322 g/mol. The predicted molar refractivity (Wildman–Crippen MR) is 84.8 cm³/mol. The van der Waals surface area contributed by atoms with Crippen LogP contribution in [0.1, 0.15) is 45.3 Å². The molecule has 2 saturated heterocycles. The van der Waals surface area contributed by atoms with E-state index in [1.807, 2.05) is 51.1 Å². The maximum Gasteiger partial charge on any atom is 0.201 e. The summed E-state index contributed by atoms with van der Waals surface area (Å²) in [5, 5.41) is 10.8. The standard InChI is InChI=1S/C18H26O5/c1-13(2)22-17(3)9-10-18(23-17)16(20-11-12-21-18)15(19)14-7-5-4-6-8-14/h4-8,13,15-16,19H,9-12H2,1-3H3/t15-,16+,17?,18?/m0/s1. The van der Waals surface area contributed by atoms with Crippen LogP contribution in [0.3, 0.4) is 0 Å². The summed E-state index contributed by atoms with van der Waals surface area (Å²) in [5.74, 6) is -1.68. The summed E-state index contributed by atoms with van der Waals surface area (Å²) >= 11 is 0. The Kier molecular flexibility index (Phi) is 4.76. The average Bonchev–Trinajstić information content (AvgIpc) is 2.84. The van der Waals surface area contributed by atoms with Gasteiger partial charge in [0.25, 0.3) is 0 Å². The van der Waals surface area contributed by atoms with E-state index in [9.17, 15) is 5.11 Å². The highest BCUT2D eigenvalue weighted by Gasteiger charge is 2.57. The van der Waals surface area contributed by atoms with E-state index in [1.165, 1.54) is 0 Å². The molecule has 1 N–H and O–H groups in total. The first-order valence-electron chi connectivity index (χ1n) is 8.31. The van der Waals surface area contributed by atoms with Crippen molar-refractivity contribution >= 4 is 0 Å². The molecule has 0 amide bonds. The van der Waals surface area contributed by atoms with Crippen molar-refractivity contribution in [3.05, 3.63) is 35.9 Å². The Balaban J connectivity index is 1.82. The Morgan fingerprint density at radius 1 is 1.17 bits per heavy atom. The molecule has 23 heavy (non-hydrogen) atoms. The molecule has 2 unspecified atom stereocenters. The number of hydrogen-bond donors (Lipinski definition) is 1. The SMILES string of the molecule is CC(C)OC1(C)CCC2(OCCO[C@@H]2[C@@H](O)c2ccccc2)O1. The van der Waals surface area contributed by atoms with Crippen molar-refractivity contribution in [2.75, 3.05) is 13.2 Å². The highest BCUT2D eigenvalue weighted by Crippen LogP contribution is 2.47. The van der Waals surface area contributed by atoms with Crippen LogP contribution in [-0.2, 0) is 18.9 Å². The molecule has 0 aromatic heterocycles. The first-order valence-corrected chi connectivity index (χ1v) is 8.31. The van der Waals surface area contributed by atoms with Crippen LogP contribution in [0.4, 0.5) is 0 Å². The smallest absolute Gasteiger partial charge is 0.201 e. The molecule has 3 rings (SSSR count). The maximum absolute atomic E-state index is 10.8. The normalized spacial score (nSPS) is 35.8.